The summed E-state index contributed by atoms with van der Waals surface area (Å²) in [7, 11) is 0.327. The standard InChI is InChI=1S/C22H26N4O2S/c1-16-6-12-22(13-7-16)29(27,28)24-23-15-19-14-17(2)26(18(19)3)21-10-8-20(9-11-21)25(4)5/h6-15,24H,1-5H3/b23-15-. The number of rotatable bonds is 6. The Balaban J connectivity index is 1.82. The maximum Gasteiger partial charge on any atom is 0.276 e. The molecule has 0 saturated heterocycles. The number of hydrogen-bond acceptors (Lipinski definition) is 4. The molecule has 1 N–H and O–H groups in total. The van der Waals surface area contributed by atoms with E-state index < -0.39 is 10.0 Å². The van der Waals surface area contributed by atoms with E-state index in [1.165, 1.54) is 0 Å². The molecule has 2 aromatic carbocycles. The maximum atomic E-state index is 12.4. The molecule has 0 aliphatic carbocycles. The number of nitrogens with one attached hydrogen (secondary N) is 1. The van der Waals surface area contributed by atoms with Crippen LogP contribution in [0, 0.1) is 20.8 Å². The first-order valence-corrected chi connectivity index (χ1v) is 10.8. The minimum Gasteiger partial charge on any atom is -0.378 e. The van der Waals surface area contributed by atoms with E-state index in [1.807, 2.05) is 40.9 Å². The van der Waals surface area contributed by atoms with Crippen LogP contribution in [-0.2, 0) is 10.0 Å². The molecule has 0 fully saturated rings. The predicted octanol–water partition coefficient (Wildman–Crippen LogP) is 3.78. The highest BCUT2D eigenvalue weighted by molar-refractivity contribution is 7.89. The Morgan fingerprint density at radius 1 is 0.966 bits per heavy atom. The van der Waals surface area contributed by atoms with Gasteiger partial charge in [0.05, 0.1) is 11.1 Å². The lowest BCUT2D eigenvalue weighted by atomic mass is 10.2. The molecule has 152 valence electrons. The first-order valence-electron chi connectivity index (χ1n) is 9.27. The summed E-state index contributed by atoms with van der Waals surface area (Å²) < 4.78 is 26.9. The van der Waals surface area contributed by atoms with Gasteiger partial charge in [-0.25, -0.2) is 4.83 Å². The van der Waals surface area contributed by atoms with Gasteiger partial charge in [0.15, 0.2) is 0 Å². The van der Waals surface area contributed by atoms with Gasteiger partial charge in [-0.1, -0.05) is 17.7 Å². The zero-order valence-corrected chi connectivity index (χ0v) is 18.2. The number of sulfonamides is 1. The molecule has 0 amide bonds. The molecule has 6 nitrogen and oxygen atoms in total. The zero-order valence-electron chi connectivity index (χ0n) is 17.3. The Hall–Kier alpha value is -3.06. The Morgan fingerprint density at radius 3 is 2.17 bits per heavy atom. The Labute approximate surface area is 172 Å². The van der Waals surface area contributed by atoms with Crippen molar-refractivity contribution in [3.63, 3.8) is 0 Å². The van der Waals surface area contributed by atoms with Crippen molar-refractivity contribution >= 4 is 21.9 Å². The number of aryl methyl sites for hydroxylation is 2. The summed E-state index contributed by atoms with van der Waals surface area (Å²) in [6.07, 6.45) is 1.54. The molecular formula is C22H26N4O2S. The average molecular weight is 411 g/mol. The molecule has 0 saturated carbocycles. The van der Waals surface area contributed by atoms with Crippen molar-refractivity contribution < 1.29 is 8.42 Å². The number of hydrazone groups is 1. The van der Waals surface area contributed by atoms with Gasteiger partial charge in [0.2, 0.25) is 0 Å². The third kappa shape index (κ3) is 4.51. The zero-order chi connectivity index (χ0) is 21.2. The van der Waals surface area contributed by atoms with E-state index in [-0.39, 0.29) is 4.90 Å². The van der Waals surface area contributed by atoms with E-state index in [4.69, 9.17) is 0 Å². The lowest BCUT2D eigenvalue weighted by Crippen LogP contribution is -2.18. The topological polar surface area (TPSA) is 66.7 Å². The highest BCUT2D eigenvalue weighted by atomic mass is 32.2. The van der Waals surface area contributed by atoms with Crippen LogP contribution in [0.4, 0.5) is 5.69 Å². The molecule has 0 bridgehead atoms. The van der Waals surface area contributed by atoms with Crippen molar-refractivity contribution in [3.8, 4) is 5.69 Å². The Kier molecular flexibility index (Phi) is 5.79. The summed E-state index contributed by atoms with van der Waals surface area (Å²) in [4.78, 5) is 4.53. The van der Waals surface area contributed by atoms with Gasteiger partial charge < -0.3 is 9.47 Å². The van der Waals surface area contributed by atoms with Gasteiger partial charge in [0.25, 0.3) is 10.0 Å². The molecule has 3 aromatic rings. The molecule has 1 aromatic heterocycles. The van der Waals surface area contributed by atoms with Gasteiger partial charge in [0.1, 0.15) is 0 Å². The lowest BCUT2D eigenvalue weighted by molar-refractivity contribution is 0.584. The predicted molar refractivity (Wildman–Crippen MR) is 119 cm³/mol. The summed E-state index contributed by atoms with van der Waals surface area (Å²) in [5.74, 6) is 0. The second-order valence-corrected chi connectivity index (χ2v) is 8.90. The van der Waals surface area contributed by atoms with Crippen LogP contribution in [0.2, 0.25) is 0 Å². The average Bonchev–Trinajstić information content (AvgIpc) is 2.95. The summed E-state index contributed by atoms with van der Waals surface area (Å²) in [5, 5.41) is 3.98. The van der Waals surface area contributed by atoms with Crippen LogP contribution >= 0.6 is 0 Å². The fourth-order valence-corrected chi connectivity index (χ4v) is 3.94. The second kappa shape index (κ2) is 8.13. The van der Waals surface area contributed by atoms with Crippen LogP contribution in [0.25, 0.3) is 5.69 Å². The van der Waals surface area contributed by atoms with Crippen LogP contribution in [0.3, 0.4) is 0 Å². The second-order valence-electron chi connectivity index (χ2n) is 7.24. The minimum atomic E-state index is -3.69. The molecule has 0 unspecified atom stereocenters. The lowest BCUT2D eigenvalue weighted by Gasteiger charge is -2.14. The van der Waals surface area contributed by atoms with E-state index in [0.717, 1.165) is 33.9 Å². The van der Waals surface area contributed by atoms with Gasteiger partial charge in [-0.3, -0.25) is 0 Å². The summed E-state index contributed by atoms with van der Waals surface area (Å²) in [5.41, 5.74) is 6.06. The quantitative estimate of drug-likeness (QED) is 0.497. The van der Waals surface area contributed by atoms with Gasteiger partial charge in [-0.2, -0.15) is 13.5 Å². The van der Waals surface area contributed by atoms with Gasteiger partial charge in [-0.05, 0) is 63.2 Å². The fourth-order valence-electron chi connectivity index (χ4n) is 3.15. The van der Waals surface area contributed by atoms with Crippen LogP contribution < -0.4 is 9.73 Å². The number of hydrogen-bond donors (Lipinski definition) is 1. The molecule has 7 heteroatoms. The van der Waals surface area contributed by atoms with Crippen molar-refractivity contribution in [1.82, 2.24) is 9.40 Å². The molecule has 29 heavy (non-hydrogen) atoms. The molecule has 1 heterocycles. The summed E-state index contributed by atoms with van der Waals surface area (Å²) >= 11 is 0. The summed E-state index contributed by atoms with van der Waals surface area (Å²) in [6, 6.07) is 16.9. The van der Waals surface area contributed by atoms with Crippen molar-refractivity contribution in [2.75, 3.05) is 19.0 Å². The van der Waals surface area contributed by atoms with E-state index in [9.17, 15) is 8.42 Å². The number of anilines is 1. The third-order valence-electron chi connectivity index (χ3n) is 4.80. The SMILES string of the molecule is Cc1ccc(S(=O)(=O)N/N=C\c2cc(C)n(-c3ccc(N(C)C)cc3)c2C)cc1. The van der Waals surface area contributed by atoms with Crippen LogP contribution in [0.1, 0.15) is 22.5 Å². The smallest absolute Gasteiger partial charge is 0.276 e. The first-order chi connectivity index (χ1) is 13.7. The molecule has 0 radical (unpaired) electrons. The number of aromatic nitrogens is 1. The summed E-state index contributed by atoms with van der Waals surface area (Å²) in [6.45, 7) is 5.91. The Morgan fingerprint density at radius 2 is 1.59 bits per heavy atom. The molecule has 0 aliphatic heterocycles. The Bertz CT molecular complexity index is 1130. The number of benzene rings is 2. The fraction of sp³-hybridized carbons (Fsp3) is 0.227. The van der Waals surface area contributed by atoms with E-state index >= 15 is 0 Å². The van der Waals surface area contributed by atoms with Gasteiger partial charge >= 0.3 is 0 Å². The highest BCUT2D eigenvalue weighted by Crippen LogP contribution is 2.22. The molecule has 3 rings (SSSR count). The van der Waals surface area contributed by atoms with Crippen molar-refractivity contribution in [3.05, 3.63) is 77.1 Å². The highest BCUT2D eigenvalue weighted by Gasteiger charge is 2.13. The van der Waals surface area contributed by atoms with Crippen LogP contribution in [-0.4, -0.2) is 33.3 Å². The van der Waals surface area contributed by atoms with Crippen molar-refractivity contribution in [2.24, 2.45) is 5.10 Å². The maximum absolute atomic E-state index is 12.4. The monoisotopic (exact) mass is 410 g/mol. The van der Waals surface area contributed by atoms with Crippen LogP contribution in [0.15, 0.2) is 64.6 Å². The van der Waals surface area contributed by atoms with Crippen molar-refractivity contribution in [1.29, 1.82) is 0 Å². The molecule has 0 atom stereocenters. The molecular weight excluding hydrogens is 384 g/mol. The normalized spacial score (nSPS) is 11.8. The minimum absolute atomic E-state index is 0.187. The van der Waals surface area contributed by atoms with Gasteiger partial charge in [0, 0.05) is 42.4 Å². The largest absolute Gasteiger partial charge is 0.378 e. The van der Waals surface area contributed by atoms with Crippen molar-refractivity contribution in [2.45, 2.75) is 25.7 Å². The van der Waals surface area contributed by atoms with E-state index in [2.05, 4.69) is 43.7 Å². The molecule has 0 spiro atoms. The first kappa shape index (κ1) is 20.7. The molecule has 0 aliphatic rings. The van der Waals surface area contributed by atoms with E-state index in [0.29, 0.717) is 0 Å². The van der Waals surface area contributed by atoms with Crippen LogP contribution in [0.5, 0.6) is 0 Å². The van der Waals surface area contributed by atoms with Gasteiger partial charge in [-0.15, -0.1) is 0 Å². The van der Waals surface area contributed by atoms with E-state index in [1.54, 1.807) is 30.5 Å². The number of nitrogens with zero attached hydrogens (tertiary/aromatic N) is 3. The third-order valence-corrected chi connectivity index (χ3v) is 6.04.